The van der Waals surface area contributed by atoms with Gasteiger partial charge in [-0.25, -0.2) is 0 Å². The number of carbonyl (C=O) groups is 3. The van der Waals surface area contributed by atoms with Crippen molar-refractivity contribution < 1.29 is 24.6 Å². The Morgan fingerprint density at radius 3 is 2.44 bits per heavy atom. The Morgan fingerprint density at radius 2 is 1.78 bits per heavy atom. The first kappa shape index (κ1) is 20.2. The molecule has 0 radical (unpaired) electrons. The number of phenols is 1. The van der Waals surface area contributed by atoms with E-state index in [-0.39, 0.29) is 49.2 Å². The summed E-state index contributed by atoms with van der Waals surface area (Å²) in [5.74, 6) is -1.87. The Balaban J connectivity index is 2.40. The molecular weight excluding hydrogens is 348 g/mol. The Hall–Kier alpha value is -3.09. The Kier molecular flexibility index (Phi) is 6.76. The summed E-state index contributed by atoms with van der Waals surface area (Å²) in [5, 5.41) is 23.4. The lowest BCUT2D eigenvalue weighted by atomic mass is 10.1. The molecule has 7 heteroatoms. The average molecular weight is 372 g/mol. The number of hydrogen-bond acceptors (Lipinski definition) is 4. The van der Waals surface area contributed by atoms with Crippen LogP contribution < -0.4 is 10.2 Å². The molecule has 0 spiro atoms. The first-order chi connectivity index (χ1) is 12.8. The van der Waals surface area contributed by atoms with E-state index >= 15 is 0 Å². The monoisotopic (exact) mass is 372 g/mol. The molecule has 0 aliphatic heterocycles. The van der Waals surface area contributed by atoms with E-state index in [1.807, 2.05) is 26.0 Å². The quantitative estimate of drug-likeness (QED) is 0.660. The summed E-state index contributed by atoms with van der Waals surface area (Å²) in [6.07, 6.45) is -0.0226. The minimum Gasteiger partial charge on any atom is -0.506 e. The number of hydrogen-bond donors (Lipinski definition) is 3. The average Bonchev–Trinajstić information content (AvgIpc) is 2.59. The van der Waals surface area contributed by atoms with Gasteiger partial charge in [-0.2, -0.15) is 0 Å². The number of anilines is 1. The van der Waals surface area contributed by atoms with Crippen molar-refractivity contribution in [3.63, 3.8) is 0 Å². The fraction of sp³-hybridized carbons (Fsp3) is 0.350. The number of rotatable bonds is 8. The van der Waals surface area contributed by atoms with Crippen LogP contribution in [0.15, 0.2) is 36.4 Å². The standard InChI is InChI=1S/C20H24N2O5/c1-13(2)21-17(24)12-22(18(25)8-5-9-19(26)27)20-15-7-4-3-6-14(15)10-11-16(20)23/h3-4,6-7,10-11,13,23H,5,8-9,12H2,1-2H3,(H,21,24)(H,26,27). The van der Waals surface area contributed by atoms with Crippen molar-refractivity contribution in [2.75, 3.05) is 11.4 Å². The third-order valence-corrected chi connectivity index (χ3v) is 3.98. The van der Waals surface area contributed by atoms with Gasteiger partial charge in [0.25, 0.3) is 0 Å². The maximum atomic E-state index is 12.8. The highest BCUT2D eigenvalue weighted by molar-refractivity contribution is 6.08. The van der Waals surface area contributed by atoms with Gasteiger partial charge in [-0.05, 0) is 31.7 Å². The van der Waals surface area contributed by atoms with Crippen LogP contribution in [0.5, 0.6) is 5.75 Å². The van der Waals surface area contributed by atoms with E-state index < -0.39 is 11.9 Å². The van der Waals surface area contributed by atoms with Crippen LogP contribution in [0.3, 0.4) is 0 Å². The SMILES string of the molecule is CC(C)NC(=O)CN(C(=O)CCCC(=O)O)c1c(O)ccc2ccccc12. The molecule has 0 fully saturated rings. The molecule has 3 N–H and O–H groups in total. The third kappa shape index (κ3) is 5.44. The Morgan fingerprint density at radius 1 is 1.07 bits per heavy atom. The van der Waals surface area contributed by atoms with Gasteiger partial charge < -0.3 is 15.5 Å². The first-order valence-electron chi connectivity index (χ1n) is 8.82. The minimum absolute atomic E-state index is 0.0378. The molecule has 0 aromatic heterocycles. The van der Waals surface area contributed by atoms with E-state index in [0.717, 1.165) is 5.39 Å². The van der Waals surface area contributed by atoms with Crippen LogP contribution in [0.4, 0.5) is 5.69 Å². The number of aliphatic carboxylic acids is 1. The zero-order valence-corrected chi connectivity index (χ0v) is 15.4. The van der Waals surface area contributed by atoms with Gasteiger partial charge >= 0.3 is 5.97 Å². The number of carbonyl (C=O) groups excluding carboxylic acids is 2. The molecule has 0 aliphatic carbocycles. The molecular formula is C20H24N2O5. The number of carboxylic acids is 1. The minimum atomic E-state index is -0.986. The first-order valence-corrected chi connectivity index (χ1v) is 8.82. The Labute approximate surface area is 157 Å². The van der Waals surface area contributed by atoms with Crippen molar-refractivity contribution in [3.05, 3.63) is 36.4 Å². The van der Waals surface area contributed by atoms with Gasteiger partial charge in [-0.1, -0.05) is 30.3 Å². The summed E-state index contributed by atoms with van der Waals surface area (Å²) in [6.45, 7) is 3.37. The molecule has 2 aromatic carbocycles. The molecule has 0 saturated heterocycles. The lowest BCUT2D eigenvalue weighted by Gasteiger charge is -2.25. The summed E-state index contributed by atoms with van der Waals surface area (Å²) in [6, 6.07) is 10.4. The second-order valence-corrected chi connectivity index (χ2v) is 6.60. The summed E-state index contributed by atoms with van der Waals surface area (Å²) >= 11 is 0. The van der Waals surface area contributed by atoms with Crippen LogP contribution in [0.25, 0.3) is 10.8 Å². The molecule has 2 aromatic rings. The highest BCUT2D eigenvalue weighted by Crippen LogP contribution is 2.36. The molecule has 0 heterocycles. The van der Waals surface area contributed by atoms with Crippen molar-refractivity contribution >= 4 is 34.2 Å². The van der Waals surface area contributed by atoms with Gasteiger partial charge in [0.1, 0.15) is 12.3 Å². The number of benzene rings is 2. The summed E-state index contributed by atoms with van der Waals surface area (Å²) < 4.78 is 0. The normalized spacial score (nSPS) is 10.8. The van der Waals surface area contributed by atoms with Crippen LogP contribution in [0.2, 0.25) is 0 Å². The molecule has 27 heavy (non-hydrogen) atoms. The second kappa shape index (κ2) is 9.02. The van der Waals surface area contributed by atoms with Crippen molar-refractivity contribution in [2.24, 2.45) is 0 Å². The van der Waals surface area contributed by atoms with E-state index in [0.29, 0.717) is 5.39 Å². The lowest BCUT2D eigenvalue weighted by molar-refractivity contribution is -0.137. The van der Waals surface area contributed by atoms with Gasteiger partial charge in [0.2, 0.25) is 11.8 Å². The number of aromatic hydroxyl groups is 1. The molecule has 0 bridgehead atoms. The maximum Gasteiger partial charge on any atom is 0.303 e. The van der Waals surface area contributed by atoms with Crippen molar-refractivity contribution in [3.8, 4) is 5.75 Å². The second-order valence-electron chi connectivity index (χ2n) is 6.60. The number of carboxylic acid groups (broad SMARTS) is 1. The van der Waals surface area contributed by atoms with Gasteiger partial charge in [0.05, 0.1) is 5.69 Å². The van der Waals surface area contributed by atoms with E-state index in [1.165, 1.54) is 11.0 Å². The topological polar surface area (TPSA) is 107 Å². The van der Waals surface area contributed by atoms with E-state index in [1.54, 1.807) is 18.2 Å². The summed E-state index contributed by atoms with van der Waals surface area (Å²) in [7, 11) is 0. The Bertz CT molecular complexity index is 847. The molecule has 0 saturated carbocycles. The predicted molar refractivity (Wildman–Crippen MR) is 103 cm³/mol. The molecule has 2 amide bonds. The fourth-order valence-electron chi connectivity index (χ4n) is 2.86. The van der Waals surface area contributed by atoms with Gasteiger partial charge in [0.15, 0.2) is 0 Å². The summed E-state index contributed by atoms with van der Waals surface area (Å²) in [5.41, 5.74) is 0.257. The van der Waals surface area contributed by atoms with Crippen LogP contribution in [-0.2, 0) is 14.4 Å². The van der Waals surface area contributed by atoms with Crippen molar-refractivity contribution in [2.45, 2.75) is 39.2 Å². The summed E-state index contributed by atoms with van der Waals surface area (Å²) in [4.78, 5) is 37.0. The third-order valence-electron chi connectivity index (χ3n) is 3.98. The fourth-order valence-corrected chi connectivity index (χ4v) is 2.86. The largest absolute Gasteiger partial charge is 0.506 e. The molecule has 7 nitrogen and oxygen atoms in total. The van der Waals surface area contributed by atoms with Gasteiger partial charge in [-0.3, -0.25) is 19.3 Å². The van der Waals surface area contributed by atoms with Crippen molar-refractivity contribution in [1.82, 2.24) is 5.32 Å². The van der Waals surface area contributed by atoms with Crippen LogP contribution in [-0.4, -0.2) is 40.6 Å². The van der Waals surface area contributed by atoms with E-state index in [9.17, 15) is 19.5 Å². The van der Waals surface area contributed by atoms with Crippen molar-refractivity contribution in [1.29, 1.82) is 0 Å². The molecule has 0 atom stereocenters. The molecule has 0 aliphatic rings. The highest BCUT2D eigenvalue weighted by atomic mass is 16.4. The zero-order valence-electron chi connectivity index (χ0n) is 15.4. The highest BCUT2D eigenvalue weighted by Gasteiger charge is 2.24. The molecule has 0 unspecified atom stereocenters. The van der Waals surface area contributed by atoms with Gasteiger partial charge in [-0.15, -0.1) is 0 Å². The van der Waals surface area contributed by atoms with E-state index in [4.69, 9.17) is 5.11 Å². The zero-order chi connectivity index (χ0) is 20.0. The number of phenolic OH excluding ortho intramolecular Hbond substituents is 1. The molecule has 144 valence electrons. The number of fused-ring (bicyclic) bond motifs is 1. The smallest absolute Gasteiger partial charge is 0.303 e. The van der Waals surface area contributed by atoms with Gasteiger partial charge in [0, 0.05) is 24.3 Å². The predicted octanol–water partition coefficient (Wildman–Crippen LogP) is 2.66. The number of amides is 2. The number of nitrogens with zero attached hydrogens (tertiary/aromatic N) is 1. The maximum absolute atomic E-state index is 12.8. The lowest BCUT2D eigenvalue weighted by Crippen LogP contribution is -2.43. The number of nitrogens with one attached hydrogen (secondary N) is 1. The van der Waals surface area contributed by atoms with E-state index in [2.05, 4.69) is 5.32 Å². The van der Waals surface area contributed by atoms with Crippen LogP contribution in [0.1, 0.15) is 33.1 Å². The van der Waals surface area contributed by atoms with Crippen LogP contribution in [0, 0.1) is 0 Å². The van der Waals surface area contributed by atoms with Crippen LogP contribution >= 0.6 is 0 Å². The molecule has 2 rings (SSSR count).